The third-order valence-corrected chi connectivity index (χ3v) is 6.43. The molecule has 3 atom stereocenters. The third kappa shape index (κ3) is 3.54. The van der Waals surface area contributed by atoms with Crippen LogP contribution in [-0.2, 0) is 7.05 Å². The van der Waals surface area contributed by atoms with E-state index in [9.17, 15) is 5.11 Å². The maximum absolute atomic E-state index is 10.5. The highest BCUT2D eigenvalue weighted by Crippen LogP contribution is 2.43. The minimum Gasteiger partial charge on any atom is -0.507 e. The molecule has 0 unspecified atom stereocenters. The molecule has 2 N–H and O–H groups in total. The Morgan fingerprint density at radius 3 is 2.43 bits per heavy atom. The van der Waals surface area contributed by atoms with E-state index in [-0.39, 0.29) is 22.9 Å². The molecular weight excluding hydrogens is 378 g/mol. The van der Waals surface area contributed by atoms with Gasteiger partial charge in [-0.15, -0.1) is 10.2 Å². The highest BCUT2D eigenvalue weighted by molar-refractivity contribution is 5.73. The first-order chi connectivity index (χ1) is 14.3. The number of hydrogen-bond acceptors (Lipinski definition) is 6. The molecule has 30 heavy (non-hydrogen) atoms. The van der Waals surface area contributed by atoms with Crippen molar-refractivity contribution in [2.75, 3.05) is 0 Å². The molecular formula is C23H27N5O2. The highest BCUT2D eigenvalue weighted by atomic mass is 16.5. The van der Waals surface area contributed by atoms with Crippen LogP contribution in [0.2, 0.25) is 0 Å². The van der Waals surface area contributed by atoms with Crippen LogP contribution in [0.15, 0.2) is 42.7 Å². The Kier molecular flexibility index (Phi) is 4.32. The number of phenols is 1. The number of aromatic nitrogens is 4. The van der Waals surface area contributed by atoms with Crippen LogP contribution in [0.4, 0.5) is 0 Å². The molecule has 0 aliphatic carbocycles. The normalized spacial score (nSPS) is 27.9. The average Bonchev–Trinajstić information content (AvgIpc) is 3.22. The van der Waals surface area contributed by atoms with Crippen LogP contribution in [-0.4, -0.2) is 42.3 Å². The summed E-state index contributed by atoms with van der Waals surface area (Å²) in [4.78, 5) is 0. The molecule has 0 radical (unpaired) electrons. The van der Waals surface area contributed by atoms with Crippen LogP contribution in [0, 0.1) is 0 Å². The van der Waals surface area contributed by atoms with Crippen molar-refractivity contribution < 1.29 is 9.84 Å². The van der Waals surface area contributed by atoms with Gasteiger partial charge in [-0.3, -0.25) is 4.68 Å². The molecule has 156 valence electrons. The Morgan fingerprint density at radius 2 is 1.83 bits per heavy atom. The van der Waals surface area contributed by atoms with Gasteiger partial charge in [-0.2, -0.15) is 5.10 Å². The van der Waals surface area contributed by atoms with Gasteiger partial charge in [0.05, 0.1) is 11.9 Å². The second-order valence-corrected chi connectivity index (χ2v) is 9.29. The lowest BCUT2D eigenvalue weighted by atomic mass is 9.86. The summed E-state index contributed by atoms with van der Waals surface area (Å²) in [5.74, 6) is 0.693. The Hall–Kier alpha value is -2.93. The number of fused-ring (bicyclic) bond motifs is 2. The summed E-state index contributed by atoms with van der Waals surface area (Å²) in [6.07, 6.45) is 8.13. The van der Waals surface area contributed by atoms with E-state index in [1.807, 2.05) is 37.5 Å². The summed E-state index contributed by atoms with van der Waals surface area (Å²) in [5, 5.41) is 27.1. The molecule has 2 fully saturated rings. The lowest BCUT2D eigenvalue weighted by Crippen LogP contribution is -2.56. The second kappa shape index (κ2) is 6.80. The number of benzene rings is 1. The van der Waals surface area contributed by atoms with E-state index in [1.165, 1.54) is 12.8 Å². The zero-order valence-electron chi connectivity index (χ0n) is 17.6. The van der Waals surface area contributed by atoms with Gasteiger partial charge in [0, 0.05) is 54.4 Å². The molecule has 7 nitrogen and oxygen atoms in total. The van der Waals surface area contributed by atoms with Gasteiger partial charge in [0.25, 0.3) is 0 Å². The van der Waals surface area contributed by atoms with Crippen LogP contribution < -0.4 is 10.1 Å². The van der Waals surface area contributed by atoms with E-state index < -0.39 is 0 Å². The summed E-state index contributed by atoms with van der Waals surface area (Å²) in [6.45, 7) is 4.56. The summed E-state index contributed by atoms with van der Waals surface area (Å²) < 4.78 is 7.92. The van der Waals surface area contributed by atoms with Gasteiger partial charge in [0.1, 0.15) is 11.9 Å². The number of phenolic OH excluding ortho intramolecular Hbond substituents is 1. The van der Waals surface area contributed by atoms with E-state index >= 15 is 0 Å². The number of piperidine rings is 1. The van der Waals surface area contributed by atoms with Crippen molar-refractivity contribution >= 4 is 0 Å². The van der Waals surface area contributed by atoms with Crippen molar-refractivity contribution in [3.05, 3.63) is 42.7 Å². The molecule has 7 heteroatoms. The zero-order chi connectivity index (χ0) is 20.9. The summed E-state index contributed by atoms with van der Waals surface area (Å²) in [7, 11) is 1.87. The van der Waals surface area contributed by atoms with Crippen molar-refractivity contribution in [1.29, 1.82) is 0 Å². The molecule has 5 rings (SSSR count). The van der Waals surface area contributed by atoms with Crippen LogP contribution in [0.1, 0.15) is 39.5 Å². The molecule has 2 aliphatic heterocycles. The third-order valence-electron chi connectivity index (χ3n) is 6.43. The minimum absolute atomic E-state index is 0.135. The van der Waals surface area contributed by atoms with Gasteiger partial charge in [0.15, 0.2) is 0 Å². The van der Waals surface area contributed by atoms with E-state index in [4.69, 9.17) is 4.74 Å². The monoisotopic (exact) mass is 405 g/mol. The number of hydrogen-bond donors (Lipinski definition) is 2. The Morgan fingerprint density at radius 1 is 1.07 bits per heavy atom. The van der Waals surface area contributed by atoms with Crippen molar-refractivity contribution in [2.24, 2.45) is 7.05 Å². The topological polar surface area (TPSA) is 85.1 Å². The minimum atomic E-state index is 0.135. The predicted octanol–water partition coefficient (Wildman–Crippen LogP) is 3.69. The van der Waals surface area contributed by atoms with Crippen molar-refractivity contribution in [3.8, 4) is 34.0 Å². The fourth-order valence-electron chi connectivity index (χ4n) is 5.07. The maximum atomic E-state index is 10.5. The summed E-state index contributed by atoms with van der Waals surface area (Å²) >= 11 is 0. The number of nitrogens with zero attached hydrogens (tertiary/aromatic N) is 4. The van der Waals surface area contributed by atoms with Gasteiger partial charge < -0.3 is 15.2 Å². The Bertz CT molecular complexity index is 1060. The average molecular weight is 406 g/mol. The van der Waals surface area contributed by atoms with E-state index in [1.54, 1.807) is 16.9 Å². The molecule has 2 aromatic heterocycles. The van der Waals surface area contributed by atoms with Gasteiger partial charge >= 0.3 is 0 Å². The lowest BCUT2D eigenvalue weighted by Gasteiger charge is -2.41. The molecule has 0 spiro atoms. The first kappa shape index (κ1) is 19.1. The van der Waals surface area contributed by atoms with E-state index in [2.05, 4.69) is 34.5 Å². The first-order valence-electron chi connectivity index (χ1n) is 10.4. The van der Waals surface area contributed by atoms with Gasteiger partial charge in [-0.05, 0) is 50.5 Å². The molecule has 2 bridgehead atoms. The summed E-state index contributed by atoms with van der Waals surface area (Å²) in [6, 6.07) is 9.22. The second-order valence-electron chi connectivity index (χ2n) is 9.29. The number of aryl methyl sites for hydroxylation is 1. The van der Waals surface area contributed by atoms with E-state index in [0.29, 0.717) is 17.1 Å². The molecule has 2 aliphatic rings. The van der Waals surface area contributed by atoms with Crippen LogP contribution >= 0.6 is 0 Å². The van der Waals surface area contributed by atoms with E-state index in [0.717, 1.165) is 24.0 Å². The molecule has 1 aromatic carbocycles. The standard InChI is InChI=1S/C23H27N5O2/c1-22-8-9-23(2,27-22)12-17(11-22)30-21-7-6-19(25-26-21)18-5-4-15(10-20(18)29)16-13-24-28(3)14-16/h4-7,10,13-14,17,27,29H,8-9,11-12H2,1-3H3/t17-,22-,23+. The number of aromatic hydroxyl groups is 1. The van der Waals surface area contributed by atoms with Crippen LogP contribution in [0.25, 0.3) is 22.4 Å². The molecule has 0 saturated carbocycles. The van der Waals surface area contributed by atoms with Gasteiger partial charge in [-0.1, -0.05) is 6.07 Å². The smallest absolute Gasteiger partial charge is 0.233 e. The first-order valence-corrected chi connectivity index (χ1v) is 10.4. The molecule has 2 saturated heterocycles. The Balaban J connectivity index is 1.32. The van der Waals surface area contributed by atoms with Crippen molar-refractivity contribution in [3.63, 3.8) is 0 Å². The Labute approximate surface area is 176 Å². The number of ether oxygens (including phenoxy) is 1. The molecule has 4 heterocycles. The number of rotatable bonds is 4. The van der Waals surface area contributed by atoms with Crippen LogP contribution in [0.3, 0.4) is 0 Å². The predicted molar refractivity (Wildman–Crippen MR) is 114 cm³/mol. The number of nitrogens with one attached hydrogen (secondary N) is 1. The fourth-order valence-corrected chi connectivity index (χ4v) is 5.07. The molecule has 3 aromatic rings. The van der Waals surface area contributed by atoms with Crippen molar-refractivity contribution in [1.82, 2.24) is 25.3 Å². The SMILES string of the molecule is Cn1cc(-c2ccc(-c3ccc(O[C@H]4C[C@]5(C)CC[C@](C)(C4)N5)nn3)c(O)c2)cn1. The molecule has 0 amide bonds. The van der Waals surface area contributed by atoms with Gasteiger partial charge in [-0.25, -0.2) is 0 Å². The zero-order valence-corrected chi connectivity index (χ0v) is 17.6. The fraction of sp³-hybridized carbons (Fsp3) is 0.435. The quantitative estimate of drug-likeness (QED) is 0.689. The maximum Gasteiger partial charge on any atom is 0.233 e. The van der Waals surface area contributed by atoms with Gasteiger partial charge in [0.2, 0.25) is 5.88 Å². The summed E-state index contributed by atoms with van der Waals surface area (Å²) in [5.41, 5.74) is 3.40. The van der Waals surface area contributed by atoms with Crippen molar-refractivity contribution in [2.45, 2.75) is 56.7 Å². The largest absolute Gasteiger partial charge is 0.507 e. The lowest BCUT2D eigenvalue weighted by molar-refractivity contribution is 0.0754. The highest BCUT2D eigenvalue weighted by Gasteiger charge is 2.49. The van der Waals surface area contributed by atoms with Crippen LogP contribution in [0.5, 0.6) is 11.6 Å².